The molecule has 76 valence electrons. The summed E-state index contributed by atoms with van der Waals surface area (Å²) in [6.45, 7) is 2.21. The Morgan fingerprint density at radius 2 is 2.07 bits per heavy atom. The van der Waals surface area contributed by atoms with E-state index in [1.165, 1.54) is 24.0 Å². The molecule has 0 saturated carbocycles. The van der Waals surface area contributed by atoms with Gasteiger partial charge >= 0.3 is 0 Å². The number of aryl methyl sites for hydroxylation is 1. The summed E-state index contributed by atoms with van der Waals surface area (Å²) in [5, 5.41) is 8.56. The zero-order chi connectivity index (χ0) is 10.2. The average Bonchev–Trinajstić information content (AvgIpc) is 2.24. The highest BCUT2D eigenvalue weighted by Crippen LogP contribution is 2.09. The molecule has 0 fully saturated rings. The summed E-state index contributed by atoms with van der Waals surface area (Å²) in [6.07, 6.45) is 7.33. The second-order valence-electron chi connectivity index (χ2n) is 3.51. The lowest BCUT2D eigenvalue weighted by Crippen LogP contribution is -1.87. The zero-order valence-electron chi connectivity index (χ0n) is 8.74. The molecule has 1 aromatic carbocycles. The van der Waals surface area contributed by atoms with Crippen LogP contribution in [0.25, 0.3) is 0 Å². The first kappa shape index (κ1) is 10.8. The molecule has 14 heavy (non-hydrogen) atoms. The molecular weight excluding hydrogens is 172 g/mol. The van der Waals surface area contributed by atoms with E-state index in [-0.39, 0.29) is 0 Å². The van der Waals surface area contributed by atoms with Crippen molar-refractivity contribution in [3.63, 3.8) is 0 Å². The minimum absolute atomic E-state index is 0.816. The maximum absolute atomic E-state index is 8.56. The van der Waals surface area contributed by atoms with Gasteiger partial charge in [0.05, 0.1) is 6.26 Å². The van der Waals surface area contributed by atoms with Gasteiger partial charge in [0.25, 0.3) is 0 Å². The Morgan fingerprint density at radius 3 is 2.79 bits per heavy atom. The molecule has 0 aliphatic carbocycles. The van der Waals surface area contributed by atoms with Gasteiger partial charge in [-0.05, 0) is 36.5 Å². The molecule has 1 N–H and O–H groups in total. The van der Waals surface area contributed by atoms with Crippen molar-refractivity contribution in [2.24, 2.45) is 0 Å². The van der Waals surface area contributed by atoms with Gasteiger partial charge in [-0.3, -0.25) is 0 Å². The number of benzene rings is 1. The van der Waals surface area contributed by atoms with E-state index in [1.807, 2.05) is 0 Å². The predicted molar refractivity (Wildman–Crippen MR) is 60.5 cm³/mol. The molecule has 0 unspecified atom stereocenters. The van der Waals surface area contributed by atoms with Gasteiger partial charge in [-0.25, -0.2) is 0 Å². The van der Waals surface area contributed by atoms with E-state index in [2.05, 4.69) is 31.2 Å². The summed E-state index contributed by atoms with van der Waals surface area (Å²) < 4.78 is 0. The smallest absolute Gasteiger partial charge is 0.0755 e. The van der Waals surface area contributed by atoms with Crippen molar-refractivity contribution in [1.82, 2.24) is 0 Å². The van der Waals surface area contributed by atoms with Gasteiger partial charge in [0.15, 0.2) is 0 Å². The molecule has 0 aliphatic rings. The van der Waals surface area contributed by atoms with E-state index in [0.717, 1.165) is 19.1 Å². The number of aliphatic hydroxyl groups excluding tert-OH is 1. The fourth-order valence-corrected chi connectivity index (χ4v) is 1.48. The topological polar surface area (TPSA) is 20.2 Å². The summed E-state index contributed by atoms with van der Waals surface area (Å²) >= 11 is 0. The summed E-state index contributed by atoms with van der Waals surface area (Å²) in [4.78, 5) is 0. The van der Waals surface area contributed by atoms with Crippen LogP contribution in [0.2, 0.25) is 0 Å². The van der Waals surface area contributed by atoms with Crippen molar-refractivity contribution >= 4 is 0 Å². The van der Waals surface area contributed by atoms with Gasteiger partial charge in [0.1, 0.15) is 0 Å². The van der Waals surface area contributed by atoms with Crippen molar-refractivity contribution in [3.8, 4) is 0 Å². The van der Waals surface area contributed by atoms with Gasteiger partial charge in [-0.2, -0.15) is 0 Å². The SMILES string of the molecule is CCCCc1cccc(CC=CO)c1. The molecule has 1 rings (SSSR count). The third kappa shape index (κ3) is 3.65. The minimum Gasteiger partial charge on any atom is -0.516 e. The number of unbranched alkanes of at least 4 members (excludes halogenated alkanes) is 1. The Bertz CT molecular complexity index is 289. The van der Waals surface area contributed by atoms with E-state index in [0.29, 0.717) is 0 Å². The van der Waals surface area contributed by atoms with E-state index in [4.69, 9.17) is 5.11 Å². The molecular formula is C13H18O. The van der Waals surface area contributed by atoms with Gasteiger partial charge in [-0.1, -0.05) is 37.6 Å². The maximum Gasteiger partial charge on any atom is 0.0755 e. The Kier molecular flexibility index (Phi) is 4.84. The maximum atomic E-state index is 8.56. The third-order valence-electron chi connectivity index (χ3n) is 2.27. The van der Waals surface area contributed by atoms with Gasteiger partial charge in [0, 0.05) is 0 Å². The standard InChI is InChI=1S/C13H18O/c1-2-3-6-12-7-4-8-13(11-12)9-5-10-14/h4-5,7-8,10-11,14H,2-3,6,9H2,1H3. The first-order chi connectivity index (χ1) is 6.86. The van der Waals surface area contributed by atoms with Crippen LogP contribution in [0, 0.1) is 0 Å². The first-order valence-corrected chi connectivity index (χ1v) is 5.24. The van der Waals surface area contributed by atoms with Crippen LogP contribution in [0.5, 0.6) is 0 Å². The molecule has 1 nitrogen and oxygen atoms in total. The number of rotatable bonds is 5. The van der Waals surface area contributed by atoms with E-state index >= 15 is 0 Å². The fraction of sp³-hybridized carbons (Fsp3) is 0.385. The van der Waals surface area contributed by atoms with Crippen molar-refractivity contribution in [2.45, 2.75) is 32.6 Å². The van der Waals surface area contributed by atoms with Crippen LogP contribution in [0.1, 0.15) is 30.9 Å². The Hall–Kier alpha value is -1.24. The largest absolute Gasteiger partial charge is 0.516 e. The van der Waals surface area contributed by atoms with Crippen molar-refractivity contribution in [1.29, 1.82) is 0 Å². The number of aliphatic hydroxyl groups is 1. The van der Waals surface area contributed by atoms with Crippen molar-refractivity contribution < 1.29 is 5.11 Å². The molecule has 1 heteroatoms. The molecule has 0 aliphatic heterocycles. The zero-order valence-corrected chi connectivity index (χ0v) is 8.74. The number of allylic oxidation sites excluding steroid dienone is 1. The highest BCUT2D eigenvalue weighted by molar-refractivity contribution is 5.25. The highest BCUT2D eigenvalue weighted by Gasteiger charge is 1.94. The molecule has 0 saturated heterocycles. The first-order valence-electron chi connectivity index (χ1n) is 5.24. The second-order valence-corrected chi connectivity index (χ2v) is 3.51. The Balaban J connectivity index is 2.59. The monoisotopic (exact) mass is 190 g/mol. The van der Waals surface area contributed by atoms with Crippen LogP contribution >= 0.6 is 0 Å². The quantitative estimate of drug-likeness (QED) is 0.703. The predicted octanol–water partition coefficient (Wildman–Crippen LogP) is 3.64. The molecule has 0 aromatic heterocycles. The molecule has 0 radical (unpaired) electrons. The lowest BCUT2D eigenvalue weighted by molar-refractivity contribution is 0.471. The molecule has 1 aromatic rings. The van der Waals surface area contributed by atoms with Crippen LogP contribution in [0.4, 0.5) is 0 Å². The minimum atomic E-state index is 0.816. The van der Waals surface area contributed by atoms with Crippen LogP contribution in [0.15, 0.2) is 36.6 Å². The molecule has 0 heterocycles. The summed E-state index contributed by atoms with van der Waals surface area (Å²) in [5.41, 5.74) is 2.67. The number of hydrogen-bond donors (Lipinski definition) is 1. The normalized spacial score (nSPS) is 10.9. The molecule has 0 atom stereocenters. The summed E-state index contributed by atoms with van der Waals surface area (Å²) in [5.74, 6) is 0. The van der Waals surface area contributed by atoms with Crippen molar-refractivity contribution in [2.75, 3.05) is 0 Å². The summed E-state index contributed by atoms with van der Waals surface area (Å²) in [6, 6.07) is 8.57. The van der Waals surface area contributed by atoms with Crippen LogP contribution in [0.3, 0.4) is 0 Å². The van der Waals surface area contributed by atoms with E-state index in [9.17, 15) is 0 Å². The molecule has 0 spiro atoms. The van der Waals surface area contributed by atoms with Gasteiger partial charge in [0.2, 0.25) is 0 Å². The summed E-state index contributed by atoms with van der Waals surface area (Å²) in [7, 11) is 0. The van der Waals surface area contributed by atoms with Crippen LogP contribution in [-0.4, -0.2) is 5.11 Å². The Labute approximate surface area is 86.1 Å². The number of hydrogen-bond acceptors (Lipinski definition) is 1. The van der Waals surface area contributed by atoms with Crippen LogP contribution in [-0.2, 0) is 12.8 Å². The third-order valence-corrected chi connectivity index (χ3v) is 2.27. The van der Waals surface area contributed by atoms with E-state index < -0.39 is 0 Å². The lowest BCUT2D eigenvalue weighted by Gasteiger charge is -2.02. The molecule has 0 bridgehead atoms. The second kappa shape index (κ2) is 6.25. The lowest BCUT2D eigenvalue weighted by atomic mass is 10.0. The van der Waals surface area contributed by atoms with Gasteiger partial charge < -0.3 is 5.11 Å². The fourth-order valence-electron chi connectivity index (χ4n) is 1.48. The highest BCUT2D eigenvalue weighted by atomic mass is 16.2. The van der Waals surface area contributed by atoms with Crippen LogP contribution < -0.4 is 0 Å². The van der Waals surface area contributed by atoms with Crippen molar-refractivity contribution in [3.05, 3.63) is 47.7 Å². The molecule has 0 amide bonds. The van der Waals surface area contributed by atoms with E-state index in [1.54, 1.807) is 6.08 Å². The Morgan fingerprint density at radius 1 is 1.29 bits per heavy atom. The van der Waals surface area contributed by atoms with Gasteiger partial charge in [-0.15, -0.1) is 0 Å². The average molecular weight is 190 g/mol.